The lowest BCUT2D eigenvalue weighted by Crippen LogP contribution is -2.34. The fourth-order valence-corrected chi connectivity index (χ4v) is 3.84. The molecule has 1 fully saturated rings. The third kappa shape index (κ3) is 2.93. The highest BCUT2D eigenvalue weighted by Gasteiger charge is 2.36. The lowest BCUT2D eigenvalue weighted by atomic mass is 9.98. The molecule has 0 atom stereocenters. The number of rotatable bonds is 4. The van der Waals surface area contributed by atoms with Gasteiger partial charge in [0.2, 0.25) is 0 Å². The van der Waals surface area contributed by atoms with Crippen LogP contribution in [-0.2, 0) is 5.54 Å². The molecule has 6 nitrogen and oxygen atoms in total. The number of nitrogens with two attached hydrogens (primary N) is 1. The van der Waals surface area contributed by atoms with Crippen LogP contribution in [-0.4, -0.2) is 19.9 Å². The van der Waals surface area contributed by atoms with Gasteiger partial charge < -0.3 is 10.3 Å². The van der Waals surface area contributed by atoms with E-state index in [4.69, 9.17) is 21.9 Å². The first-order valence-electron chi connectivity index (χ1n) is 8.95. The van der Waals surface area contributed by atoms with Crippen molar-refractivity contribution in [3.8, 4) is 17.1 Å². The zero-order chi connectivity index (χ0) is 18.3. The lowest BCUT2D eigenvalue weighted by molar-refractivity contribution is 0.372. The molecular formula is C19H22ClN5O. The third-order valence-corrected chi connectivity index (χ3v) is 5.24. The van der Waals surface area contributed by atoms with Crippen molar-refractivity contribution in [1.82, 2.24) is 19.9 Å². The summed E-state index contributed by atoms with van der Waals surface area (Å²) in [6.45, 7) is 4.22. The number of nitrogens with zero attached hydrogens (tertiary/aromatic N) is 4. The van der Waals surface area contributed by atoms with Crippen LogP contribution in [0.15, 0.2) is 35.0 Å². The summed E-state index contributed by atoms with van der Waals surface area (Å²) in [4.78, 5) is 4.62. The molecule has 0 spiro atoms. The average Bonchev–Trinajstić information content (AvgIpc) is 3.33. The summed E-state index contributed by atoms with van der Waals surface area (Å²) in [5.74, 6) is 1.27. The summed E-state index contributed by atoms with van der Waals surface area (Å²) in [6.07, 6.45) is 5.76. The molecule has 0 unspecified atom stereocenters. The summed E-state index contributed by atoms with van der Waals surface area (Å²) >= 11 is 6.15. The van der Waals surface area contributed by atoms with E-state index in [0.29, 0.717) is 16.7 Å². The SMILES string of the molecule is CC(C)c1c(-c2nc(C3(N)CCCC3)no2)cnn1-c1cccc(Cl)c1. The Morgan fingerprint density at radius 2 is 2.04 bits per heavy atom. The molecule has 2 aromatic heterocycles. The van der Waals surface area contributed by atoms with Crippen molar-refractivity contribution in [3.05, 3.63) is 47.0 Å². The first kappa shape index (κ1) is 17.2. The molecule has 0 bridgehead atoms. The van der Waals surface area contributed by atoms with E-state index in [1.807, 2.05) is 28.9 Å². The summed E-state index contributed by atoms with van der Waals surface area (Å²) in [5, 5.41) is 9.39. The van der Waals surface area contributed by atoms with Gasteiger partial charge in [-0.05, 0) is 37.0 Å². The summed E-state index contributed by atoms with van der Waals surface area (Å²) in [5.41, 5.74) is 8.73. The molecule has 0 radical (unpaired) electrons. The minimum absolute atomic E-state index is 0.208. The highest BCUT2D eigenvalue weighted by atomic mass is 35.5. The number of benzene rings is 1. The Balaban J connectivity index is 1.77. The van der Waals surface area contributed by atoms with Crippen LogP contribution in [0.2, 0.25) is 5.02 Å². The fourth-order valence-electron chi connectivity index (χ4n) is 3.66. The van der Waals surface area contributed by atoms with Crippen molar-refractivity contribution in [2.75, 3.05) is 0 Å². The number of hydrogen-bond acceptors (Lipinski definition) is 5. The fraction of sp³-hybridized carbons (Fsp3) is 0.421. The van der Waals surface area contributed by atoms with Crippen LogP contribution in [0.1, 0.15) is 57.0 Å². The first-order valence-corrected chi connectivity index (χ1v) is 9.33. The predicted octanol–water partition coefficient (Wildman–Crippen LogP) is 4.43. The molecule has 3 aromatic rings. The van der Waals surface area contributed by atoms with Gasteiger partial charge in [0.1, 0.15) is 0 Å². The smallest absolute Gasteiger partial charge is 0.261 e. The molecule has 1 aromatic carbocycles. The maximum atomic E-state index is 6.46. The van der Waals surface area contributed by atoms with Gasteiger partial charge >= 0.3 is 0 Å². The highest BCUT2D eigenvalue weighted by Crippen LogP contribution is 2.37. The summed E-state index contributed by atoms with van der Waals surface area (Å²) in [7, 11) is 0. The highest BCUT2D eigenvalue weighted by molar-refractivity contribution is 6.30. The standard InChI is InChI=1S/C19H22ClN5O/c1-12(2)16-15(11-22-25(16)14-7-5-6-13(20)10-14)17-23-18(24-26-17)19(21)8-3-4-9-19/h5-7,10-12H,3-4,8-9,21H2,1-2H3. The van der Waals surface area contributed by atoms with Crippen molar-refractivity contribution in [2.24, 2.45) is 5.73 Å². The Morgan fingerprint density at radius 3 is 2.73 bits per heavy atom. The number of hydrogen-bond donors (Lipinski definition) is 1. The van der Waals surface area contributed by atoms with E-state index in [0.717, 1.165) is 42.6 Å². The quantitative estimate of drug-likeness (QED) is 0.733. The molecule has 0 aliphatic heterocycles. The molecule has 4 rings (SSSR count). The van der Waals surface area contributed by atoms with Crippen molar-refractivity contribution >= 4 is 11.6 Å². The third-order valence-electron chi connectivity index (χ3n) is 5.00. The number of halogens is 1. The molecule has 0 saturated heterocycles. The molecular weight excluding hydrogens is 350 g/mol. The second kappa shape index (κ2) is 6.52. The first-order chi connectivity index (χ1) is 12.5. The van der Waals surface area contributed by atoms with Gasteiger partial charge in [-0.25, -0.2) is 4.68 Å². The van der Waals surface area contributed by atoms with Crippen LogP contribution in [0.25, 0.3) is 17.1 Å². The van der Waals surface area contributed by atoms with Crippen molar-refractivity contribution in [1.29, 1.82) is 0 Å². The van der Waals surface area contributed by atoms with Crippen LogP contribution in [0.5, 0.6) is 0 Å². The molecule has 1 saturated carbocycles. The second-order valence-electron chi connectivity index (χ2n) is 7.28. The average molecular weight is 372 g/mol. The van der Waals surface area contributed by atoms with Crippen LogP contribution in [0, 0.1) is 0 Å². The van der Waals surface area contributed by atoms with E-state index in [1.54, 1.807) is 6.20 Å². The number of aromatic nitrogens is 4. The molecule has 1 aliphatic rings. The molecule has 26 heavy (non-hydrogen) atoms. The van der Waals surface area contributed by atoms with Crippen LogP contribution >= 0.6 is 11.6 Å². The molecule has 7 heteroatoms. The summed E-state index contributed by atoms with van der Waals surface area (Å²) < 4.78 is 7.45. The van der Waals surface area contributed by atoms with E-state index in [2.05, 4.69) is 29.1 Å². The maximum absolute atomic E-state index is 6.46. The zero-order valence-corrected chi connectivity index (χ0v) is 15.7. The van der Waals surface area contributed by atoms with E-state index in [9.17, 15) is 0 Å². The maximum Gasteiger partial charge on any atom is 0.261 e. The van der Waals surface area contributed by atoms with Gasteiger partial charge in [-0.3, -0.25) is 0 Å². The van der Waals surface area contributed by atoms with Crippen LogP contribution in [0.4, 0.5) is 0 Å². The van der Waals surface area contributed by atoms with Gasteiger partial charge in [0.15, 0.2) is 5.82 Å². The van der Waals surface area contributed by atoms with Gasteiger partial charge in [-0.15, -0.1) is 0 Å². The normalized spacial score (nSPS) is 16.5. The Bertz CT molecular complexity index is 924. The topological polar surface area (TPSA) is 82.8 Å². The van der Waals surface area contributed by atoms with E-state index in [1.165, 1.54) is 0 Å². The van der Waals surface area contributed by atoms with Gasteiger partial charge in [0.25, 0.3) is 5.89 Å². The van der Waals surface area contributed by atoms with Crippen molar-refractivity contribution in [2.45, 2.75) is 51.0 Å². The van der Waals surface area contributed by atoms with Crippen LogP contribution in [0.3, 0.4) is 0 Å². The van der Waals surface area contributed by atoms with Gasteiger partial charge in [-0.2, -0.15) is 10.1 Å². The Kier molecular flexibility index (Phi) is 4.32. The molecule has 2 N–H and O–H groups in total. The Labute approximate surface area is 157 Å². The largest absolute Gasteiger partial charge is 0.334 e. The summed E-state index contributed by atoms with van der Waals surface area (Å²) in [6, 6.07) is 7.61. The Morgan fingerprint density at radius 1 is 1.27 bits per heavy atom. The zero-order valence-electron chi connectivity index (χ0n) is 14.9. The van der Waals surface area contributed by atoms with Gasteiger partial charge in [-0.1, -0.05) is 49.5 Å². The molecule has 0 amide bonds. The van der Waals surface area contributed by atoms with Crippen molar-refractivity contribution < 1.29 is 4.52 Å². The van der Waals surface area contributed by atoms with E-state index in [-0.39, 0.29) is 5.92 Å². The molecule has 2 heterocycles. The predicted molar refractivity (Wildman–Crippen MR) is 100 cm³/mol. The van der Waals surface area contributed by atoms with E-state index >= 15 is 0 Å². The minimum Gasteiger partial charge on any atom is -0.334 e. The van der Waals surface area contributed by atoms with Gasteiger partial charge in [0, 0.05) is 5.02 Å². The van der Waals surface area contributed by atoms with Crippen molar-refractivity contribution in [3.63, 3.8) is 0 Å². The van der Waals surface area contributed by atoms with Crippen LogP contribution < -0.4 is 5.73 Å². The van der Waals surface area contributed by atoms with Gasteiger partial charge in [0.05, 0.1) is 28.7 Å². The Hall–Kier alpha value is -2.18. The van der Waals surface area contributed by atoms with E-state index < -0.39 is 5.54 Å². The minimum atomic E-state index is -0.470. The lowest BCUT2D eigenvalue weighted by Gasteiger charge is -2.17. The molecule has 136 valence electrons. The monoisotopic (exact) mass is 371 g/mol. The second-order valence-corrected chi connectivity index (χ2v) is 7.71. The molecule has 1 aliphatic carbocycles.